The Bertz CT molecular complexity index is 746. The van der Waals surface area contributed by atoms with E-state index in [-0.39, 0.29) is 30.0 Å². The first-order chi connectivity index (χ1) is 15.6. The molecule has 1 amide bonds. The lowest BCUT2D eigenvalue weighted by molar-refractivity contribution is -0.135. The third-order valence-corrected chi connectivity index (χ3v) is 6.40. The average Bonchev–Trinajstić information content (AvgIpc) is 3.37. The first-order valence-corrected chi connectivity index (χ1v) is 12.3. The third-order valence-electron chi connectivity index (χ3n) is 6.40. The Morgan fingerprint density at radius 1 is 1.03 bits per heavy atom. The summed E-state index contributed by atoms with van der Waals surface area (Å²) in [5.74, 6) is 1.24. The molecule has 33 heavy (non-hydrogen) atoms. The van der Waals surface area contributed by atoms with Gasteiger partial charge in [-0.05, 0) is 44.2 Å². The SMILES string of the molecule is CCCOCc1ccccc1CN=C(NCC)N1CCN(C(C)C(=O)N2CCCC2)CC1.I. The highest BCUT2D eigenvalue weighted by Gasteiger charge is 2.30. The maximum Gasteiger partial charge on any atom is 0.239 e. The Balaban J connectivity index is 0.00000385. The fraction of sp³-hybridized carbons (Fsp3) is 0.680. The number of nitrogens with zero attached hydrogens (tertiary/aromatic N) is 4. The number of benzene rings is 1. The van der Waals surface area contributed by atoms with E-state index in [0.29, 0.717) is 19.1 Å². The van der Waals surface area contributed by atoms with E-state index in [4.69, 9.17) is 9.73 Å². The molecule has 8 heteroatoms. The predicted molar refractivity (Wildman–Crippen MR) is 145 cm³/mol. The molecule has 1 N–H and O–H groups in total. The van der Waals surface area contributed by atoms with Gasteiger partial charge in [0.2, 0.25) is 5.91 Å². The number of nitrogens with one attached hydrogen (secondary N) is 1. The van der Waals surface area contributed by atoms with Crippen LogP contribution in [0, 0.1) is 0 Å². The number of amides is 1. The molecule has 2 saturated heterocycles. The highest BCUT2D eigenvalue weighted by atomic mass is 127. The second-order valence-corrected chi connectivity index (χ2v) is 8.72. The summed E-state index contributed by atoms with van der Waals surface area (Å²) in [5.41, 5.74) is 2.42. The lowest BCUT2D eigenvalue weighted by Crippen LogP contribution is -2.57. The molecule has 0 radical (unpaired) electrons. The van der Waals surface area contributed by atoms with Crippen LogP contribution in [-0.2, 0) is 22.7 Å². The molecule has 0 spiro atoms. The van der Waals surface area contributed by atoms with Gasteiger partial charge in [-0.3, -0.25) is 9.69 Å². The molecule has 0 bridgehead atoms. The largest absolute Gasteiger partial charge is 0.377 e. The number of aliphatic imine (C=N–C) groups is 1. The molecule has 186 valence electrons. The van der Waals surface area contributed by atoms with Crippen molar-refractivity contribution in [3.63, 3.8) is 0 Å². The molecular weight excluding hydrogens is 529 g/mol. The minimum absolute atomic E-state index is 0. The molecule has 1 unspecified atom stereocenters. The van der Waals surface area contributed by atoms with Gasteiger partial charge in [-0.1, -0.05) is 31.2 Å². The normalized spacial score (nSPS) is 18.2. The fourth-order valence-electron chi connectivity index (χ4n) is 4.44. The van der Waals surface area contributed by atoms with Gasteiger partial charge in [0, 0.05) is 52.4 Å². The summed E-state index contributed by atoms with van der Waals surface area (Å²) in [5, 5.41) is 3.46. The van der Waals surface area contributed by atoms with Crippen LogP contribution >= 0.6 is 24.0 Å². The van der Waals surface area contributed by atoms with Crippen LogP contribution in [-0.4, -0.2) is 85.0 Å². The lowest BCUT2D eigenvalue weighted by atomic mass is 10.1. The summed E-state index contributed by atoms with van der Waals surface area (Å²) in [6.45, 7) is 14.6. The van der Waals surface area contributed by atoms with Gasteiger partial charge in [-0.15, -0.1) is 24.0 Å². The molecule has 3 rings (SSSR count). The van der Waals surface area contributed by atoms with Gasteiger partial charge in [0.25, 0.3) is 0 Å². The number of guanidine groups is 1. The Hall–Kier alpha value is -1.39. The Morgan fingerprint density at radius 2 is 1.70 bits per heavy atom. The number of ether oxygens (including phenoxy) is 1. The smallest absolute Gasteiger partial charge is 0.239 e. The van der Waals surface area contributed by atoms with Crippen LogP contribution in [0.15, 0.2) is 29.3 Å². The van der Waals surface area contributed by atoms with E-state index in [9.17, 15) is 4.79 Å². The molecule has 0 saturated carbocycles. The van der Waals surface area contributed by atoms with Gasteiger partial charge in [0.15, 0.2) is 5.96 Å². The van der Waals surface area contributed by atoms with Crippen molar-refractivity contribution in [3.05, 3.63) is 35.4 Å². The minimum atomic E-state index is -0.0372. The standard InChI is InChI=1S/C25H41N5O2.HI/c1-4-18-32-20-23-11-7-6-10-22(23)19-27-25(26-5-2)30-16-14-28(15-17-30)21(3)24(31)29-12-8-9-13-29;/h6-7,10-11,21H,4-5,8-9,12-20H2,1-3H3,(H,26,27);1H. The summed E-state index contributed by atoms with van der Waals surface area (Å²) in [7, 11) is 0. The Kier molecular flexibility index (Phi) is 12.5. The molecule has 0 aromatic heterocycles. The first kappa shape index (κ1) is 27.9. The van der Waals surface area contributed by atoms with E-state index in [1.165, 1.54) is 11.1 Å². The molecule has 2 aliphatic heterocycles. The van der Waals surface area contributed by atoms with Crippen LogP contribution < -0.4 is 5.32 Å². The van der Waals surface area contributed by atoms with Gasteiger partial charge in [-0.25, -0.2) is 4.99 Å². The van der Waals surface area contributed by atoms with Crippen molar-refractivity contribution in [2.75, 3.05) is 52.4 Å². The number of rotatable bonds is 9. The van der Waals surface area contributed by atoms with Gasteiger partial charge >= 0.3 is 0 Å². The van der Waals surface area contributed by atoms with E-state index in [0.717, 1.165) is 77.6 Å². The molecule has 1 atom stereocenters. The van der Waals surface area contributed by atoms with Crippen molar-refractivity contribution in [3.8, 4) is 0 Å². The van der Waals surface area contributed by atoms with E-state index in [2.05, 4.69) is 60.2 Å². The predicted octanol–water partition coefficient (Wildman–Crippen LogP) is 3.33. The molecule has 0 aliphatic carbocycles. The summed E-state index contributed by atoms with van der Waals surface area (Å²) in [4.78, 5) is 24.4. The van der Waals surface area contributed by atoms with Gasteiger partial charge in [0.05, 0.1) is 19.2 Å². The highest BCUT2D eigenvalue weighted by molar-refractivity contribution is 14.0. The number of hydrogen-bond donors (Lipinski definition) is 1. The molecule has 2 aliphatic rings. The van der Waals surface area contributed by atoms with E-state index < -0.39 is 0 Å². The van der Waals surface area contributed by atoms with E-state index in [1.807, 2.05) is 4.90 Å². The van der Waals surface area contributed by atoms with E-state index >= 15 is 0 Å². The van der Waals surface area contributed by atoms with Crippen LogP contribution in [0.1, 0.15) is 51.2 Å². The number of carbonyl (C=O) groups excluding carboxylic acids is 1. The first-order valence-electron chi connectivity index (χ1n) is 12.3. The molecule has 2 fully saturated rings. The number of halogens is 1. The van der Waals surface area contributed by atoms with Crippen LogP contribution in [0.3, 0.4) is 0 Å². The fourth-order valence-corrected chi connectivity index (χ4v) is 4.44. The second-order valence-electron chi connectivity index (χ2n) is 8.72. The topological polar surface area (TPSA) is 60.4 Å². The number of carbonyl (C=O) groups is 1. The maximum atomic E-state index is 12.8. The van der Waals surface area contributed by atoms with Crippen molar-refractivity contribution in [1.82, 2.24) is 20.0 Å². The maximum absolute atomic E-state index is 12.8. The van der Waals surface area contributed by atoms with Crippen molar-refractivity contribution in [1.29, 1.82) is 0 Å². The minimum Gasteiger partial charge on any atom is -0.377 e. The number of hydrogen-bond acceptors (Lipinski definition) is 4. The molecule has 1 aromatic carbocycles. The highest BCUT2D eigenvalue weighted by Crippen LogP contribution is 2.15. The summed E-state index contributed by atoms with van der Waals surface area (Å²) in [6, 6.07) is 8.36. The van der Waals surface area contributed by atoms with Crippen LogP contribution in [0.2, 0.25) is 0 Å². The Morgan fingerprint density at radius 3 is 2.33 bits per heavy atom. The molecule has 7 nitrogen and oxygen atoms in total. The molecule has 1 aromatic rings. The van der Waals surface area contributed by atoms with Gasteiger partial charge < -0.3 is 19.9 Å². The number of likely N-dealkylation sites (tertiary alicyclic amines) is 1. The van der Waals surface area contributed by atoms with Crippen molar-refractivity contribution in [2.24, 2.45) is 4.99 Å². The van der Waals surface area contributed by atoms with Crippen LogP contribution in [0.5, 0.6) is 0 Å². The third kappa shape index (κ3) is 8.10. The molecular formula is C25H42IN5O2. The zero-order valence-electron chi connectivity index (χ0n) is 20.6. The summed E-state index contributed by atoms with van der Waals surface area (Å²) >= 11 is 0. The van der Waals surface area contributed by atoms with Gasteiger partial charge in [-0.2, -0.15) is 0 Å². The number of piperazine rings is 1. The van der Waals surface area contributed by atoms with Crippen molar-refractivity contribution in [2.45, 2.75) is 59.2 Å². The summed E-state index contributed by atoms with van der Waals surface area (Å²) in [6.07, 6.45) is 3.31. The van der Waals surface area contributed by atoms with E-state index in [1.54, 1.807) is 0 Å². The van der Waals surface area contributed by atoms with Crippen molar-refractivity contribution < 1.29 is 9.53 Å². The second kappa shape index (κ2) is 14.8. The van der Waals surface area contributed by atoms with Crippen molar-refractivity contribution >= 4 is 35.8 Å². The molecule has 2 heterocycles. The Labute approximate surface area is 216 Å². The van der Waals surface area contributed by atoms with Crippen LogP contribution in [0.25, 0.3) is 0 Å². The zero-order chi connectivity index (χ0) is 22.8. The quantitative estimate of drug-likeness (QED) is 0.213. The zero-order valence-corrected chi connectivity index (χ0v) is 22.9. The lowest BCUT2D eigenvalue weighted by Gasteiger charge is -2.39. The van der Waals surface area contributed by atoms with Gasteiger partial charge in [0.1, 0.15) is 0 Å². The van der Waals surface area contributed by atoms with Crippen LogP contribution in [0.4, 0.5) is 0 Å². The monoisotopic (exact) mass is 571 g/mol. The average molecular weight is 572 g/mol. The summed E-state index contributed by atoms with van der Waals surface area (Å²) < 4.78 is 5.76.